The molecule has 0 aromatic carbocycles. The highest BCUT2D eigenvalue weighted by molar-refractivity contribution is 7.99. The Morgan fingerprint density at radius 2 is 0.661 bits per heavy atom. The van der Waals surface area contributed by atoms with Crippen molar-refractivity contribution in [3.63, 3.8) is 0 Å². The molecule has 0 aliphatic carbocycles. The van der Waals surface area contributed by atoms with Gasteiger partial charge in [-0.2, -0.15) is 23.5 Å². The van der Waals surface area contributed by atoms with Crippen LogP contribution in [0.1, 0.15) is 109 Å². The first-order valence-electron chi connectivity index (χ1n) is 21.4. The average Bonchev–Trinajstić information content (AvgIpc) is 3.07. The molecule has 0 aromatic heterocycles. The summed E-state index contributed by atoms with van der Waals surface area (Å²) in [5.74, 6) is 3.40. The summed E-state index contributed by atoms with van der Waals surface area (Å²) in [5.41, 5.74) is -2.68. The van der Waals surface area contributed by atoms with Gasteiger partial charge in [-0.3, -0.25) is 9.69 Å². The number of nitrogens with zero attached hydrogens (tertiary/aromatic N) is 6. The maximum absolute atomic E-state index is 14.2. The molecule has 0 N–H and O–H groups in total. The molecule has 2 aliphatic rings. The molecule has 0 bridgehead atoms. The van der Waals surface area contributed by atoms with Crippen molar-refractivity contribution in [3.05, 3.63) is 0 Å². The average molecular weight is 875 g/mol. The second kappa shape index (κ2) is 24.6. The van der Waals surface area contributed by atoms with Crippen LogP contribution in [0, 0.1) is 0 Å². The van der Waals surface area contributed by atoms with E-state index in [9.17, 15) is 24.0 Å². The van der Waals surface area contributed by atoms with Gasteiger partial charge in [-0.15, -0.1) is 0 Å². The monoisotopic (exact) mass is 875 g/mol. The van der Waals surface area contributed by atoms with Crippen LogP contribution in [0.25, 0.3) is 0 Å². The third kappa shape index (κ3) is 23.7. The number of hydrogen-bond acceptors (Lipinski definition) is 12. The molecule has 5 amide bonds. The number of ether oxygens (including phenoxy) is 4. The topological polar surface area (TPSA) is 142 Å². The zero-order valence-corrected chi connectivity index (χ0v) is 40.2. The SMILES string of the molecule is CC(C)(C)OC(=O)N1CCSCCCN(CC(=O)N2CCCN(C(=O)OC(C)(C)C)CCN(C(=O)OC(C)(C)C)CCCN(C(=O)OC(C)(C)C)CC2)CCCSCC1. The van der Waals surface area contributed by atoms with Gasteiger partial charge in [0.25, 0.3) is 0 Å². The van der Waals surface area contributed by atoms with E-state index in [0.29, 0.717) is 45.6 Å². The van der Waals surface area contributed by atoms with Crippen molar-refractivity contribution in [1.29, 1.82) is 0 Å². The Morgan fingerprint density at radius 1 is 0.373 bits per heavy atom. The molecule has 2 saturated heterocycles. The molecular weight excluding hydrogens is 797 g/mol. The van der Waals surface area contributed by atoms with E-state index in [1.54, 1.807) is 38.2 Å². The van der Waals surface area contributed by atoms with E-state index < -0.39 is 40.7 Å². The predicted octanol–water partition coefficient (Wildman–Crippen LogP) is 7.12. The summed E-state index contributed by atoms with van der Waals surface area (Å²) in [6.07, 6.45) is 0.977. The molecule has 2 rings (SSSR count). The van der Waals surface area contributed by atoms with Gasteiger partial charge in [-0.05, 0) is 133 Å². The van der Waals surface area contributed by atoms with Crippen molar-refractivity contribution >= 4 is 53.8 Å². The number of hydrogen-bond donors (Lipinski definition) is 0. The van der Waals surface area contributed by atoms with Crippen LogP contribution >= 0.6 is 23.5 Å². The number of rotatable bonds is 2. The van der Waals surface area contributed by atoms with E-state index in [4.69, 9.17) is 18.9 Å². The molecule has 0 spiro atoms. The summed E-state index contributed by atoms with van der Waals surface area (Å²) in [4.78, 5) is 78.1. The van der Waals surface area contributed by atoms with E-state index in [1.165, 1.54) is 0 Å². The first kappa shape index (κ1) is 52.3. The van der Waals surface area contributed by atoms with Crippen LogP contribution in [0.5, 0.6) is 0 Å². The number of thioether (sulfide) groups is 2. The van der Waals surface area contributed by atoms with E-state index in [-0.39, 0.29) is 51.3 Å². The molecule has 0 unspecified atom stereocenters. The fourth-order valence-electron chi connectivity index (χ4n) is 6.13. The van der Waals surface area contributed by atoms with Gasteiger partial charge >= 0.3 is 24.4 Å². The lowest BCUT2D eigenvalue weighted by Gasteiger charge is -2.34. The Hall–Kier alpha value is -2.79. The van der Waals surface area contributed by atoms with Crippen molar-refractivity contribution in [2.24, 2.45) is 0 Å². The smallest absolute Gasteiger partial charge is 0.410 e. The summed E-state index contributed by atoms with van der Waals surface area (Å²) < 4.78 is 22.9. The standard InChI is InChI=1S/C42H78N6O9S2/c1-39(2,3)54-35(50)45-21-14-22-47(37(52)56-41(7,8)9)26-25-46(36(51)55-40(4,5)6)20-13-19-44(23-24-45)34(49)33-43-17-15-29-58-31-27-48(28-32-59-30-16-18-43)38(53)57-42(10,11)12/h13-33H2,1-12H3. The molecular formula is C42H78N6O9S2. The van der Waals surface area contributed by atoms with Gasteiger partial charge in [0.05, 0.1) is 6.54 Å². The van der Waals surface area contributed by atoms with E-state index in [1.807, 2.05) is 92.9 Å². The number of carbonyl (C=O) groups excluding carboxylic acids is 5. The highest BCUT2D eigenvalue weighted by Crippen LogP contribution is 2.17. The molecule has 0 aromatic rings. The second-order valence-electron chi connectivity index (χ2n) is 19.2. The fourth-order valence-corrected chi connectivity index (χ4v) is 7.90. The van der Waals surface area contributed by atoms with Gasteiger partial charge in [0.1, 0.15) is 22.4 Å². The van der Waals surface area contributed by atoms with E-state index in [2.05, 4.69) is 4.90 Å². The molecule has 342 valence electrons. The highest BCUT2D eigenvalue weighted by Gasteiger charge is 2.29. The van der Waals surface area contributed by atoms with Gasteiger partial charge < -0.3 is 43.4 Å². The largest absolute Gasteiger partial charge is 0.444 e. The minimum absolute atomic E-state index is 0.0319. The molecule has 0 radical (unpaired) electrons. The molecule has 0 saturated carbocycles. The minimum Gasteiger partial charge on any atom is -0.444 e. The number of amides is 5. The summed E-state index contributed by atoms with van der Waals surface area (Å²) >= 11 is 3.60. The Balaban J connectivity index is 2.26. The lowest BCUT2D eigenvalue weighted by molar-refractivity contribution is -0.132. The third-order valence-corrected chi connectivity index (χ3v) is 10.9. The number of carbonyl (C=O) groups is 5. The summed E-state index contributed by atoms with van der Waals surface area (Å²) in [6.45, 7) is 27.2. The van der Waals surface area contributed by atoms with Crippen LogP contribution in [-0.4, -0.2) is 190 Å². The molecule has 15 nitrogen and oxygen atoms in total. The molecule has 2 fully saturated rings. The molecule has 17 heteroatoms. The van der Waals surface area contributed by atoms with Crippen molar-refractivity contribution in [3.8, 4) is 0 Å². The van der Waals surface area contributed by atoms with Crippen molar-refractivity contribution in [2.45, 2.75) is 131 Å². The Labute approximate surface area is 364 Å². The van der Waals surface area contributed by atoms with Crippen LogP contribution in [0.3, 0.4) is 0 Å². The van der Waals surface area contributed by atoms with Gasteiger partial charge in [0.15, 0.2) is 0 Å². The van der Waals surface area contributed by atoms with Crippen molar-refractivity contribution in [2.75, 3.05) is 108 Å². The molecule has 59 heavy (non-hydrogen) atoms. The summed E-state index contributed by atoms with van der Waals surface area (Å²) in [5, 5.41) is 0. The molecule has 0 atom stereocenters. The maximum atomic E-state index is 14.2. The summed E-state index contributed by atoms with van der Waals surface area (Å²) in [7, 11) is 0. The zero-order chi connectivity index (χ0) is 44.4. The quantitative estimate of drug-likeness (QED) is 0.261. The second-order valence-corrected chi connectivity index (χ2v) is 21.6. The van der Waals surface area contributed by atoms with E-state index in [0.717, 1.165) is 48.9 Å². The zero-order valence-electron chi connectivity index (χ0n) is 38.5. The van der Waals surface area contributed by atoms with Gasteiger partial charge in [0, 0.05) is 77.0 Å². The minimum atomic E-state index is -0.716. The van der Waals surface area contributed by atoms with Crippen molar-refractivity contribution in [1.82, 2.24) is 29.4 Å². The lowest BCUT2D eigenvalue weighted by Crippen LogP contribution is -2.49. The Morgan fingerprint density at radius 3 is 0.983 bits per heavy atom. The first-order chi connectivity index (χ1) is 27.3. The maximum Gasteiger partial charge on any atom is 0.410 e. The fraction of sp³-hybridized carbons (Fsp3) is 0.881. The van der Waals surface area contributed by atoms with Crippen LogP contribution in [-0.2, 0) is 23.7 Å². The van der Waals surface area contributed by atoms with Gasteiger partial charge in [0.2, 0.25) is 5.91 Å². The van der Waals surface area contributed by atoms with Gasteiger partial charge in [-0.25, -0.2) is 19.2 Å². The Kier molecular flexibility index (Phi) is 21.8. The molecule has 2 heterocycles. The first-order valence-corrected chi connectivity index (χ1v) is 23.7. The highest BCUT2D eigenvalue weighted by atomic mass is 32.2. The van der Waals surface area contributed by atoms with Gasteiger partial charge in [-0.1, -0.05) is 0 Å². The van der Waals surface area contributed by atoms with Crippen molar-refractivity contribution < 1.29 is 42.9 Å². The van der Waals surface area contributed by atoms with Crippen LogP contribution in [0.4, 0.5) is 19.2 Å². The lowest BCUT2D eigenvalue weighted by atomic mass is 10.2. The molecule has 2 aliphatic heterocycles. The van der Waals surface area contributed by atoms with Crippen LogP contribution < -0.4 is 0 Å². The third-order valence-electron chi connectivity index (χ3n) is 8.85. The summed E-state index contributed by atoms with van der Waals surface area (Å²) in [6, 6.07) is 0. The van der Waals surface area contributed by atoms with Crippen LogP contribution in [0.2, 0.25) is 0 Å². The van der Waals surface area contributed by atoms with E-state index >= 15 is 0 Å². The van der Waals surface area contributed by atoms with Crippen LogP contribution in [0.15, 0.2) is 0 Å². The predicted molar refractivity (Wildman–Crippen MR) is 237 cm³/mol. The normalized spacial score (nSPS) is 19.2. The Bertz CT molecular complexity index is 1310.